The predicted octanol–water partition coefficient (Wildman–Crippen LogP) is 5.02. The van der Waals surface area contributed by atoms with Gasteiger partial charge in [-0.1, -0.05) is 54.6 Å². The first-order valence-corrected chi connectivity index (χ1v) is 8.61. The molecular weight excluding hydrogens is 294 g/mol. The molecule has 0 saturated heterocycles. The zero-order valence-corrected chi connectivity index (χ0v) is 14.5. The number of aryl methyl sites for hydroxylation is 2. The maximum Gasteiger partial charge on any atom is 0.122 e. The first kappa shape index (κ1) is 16.5. The van der Waals surface area contributed by atoms with Gasteiger partial charge in [0, 0.05) is 6.54 Å². The van der Waals surface area contributed by atoms with Crippen LogP contribution in [0, 0.1) is 13.8 Å². The van der Waals surface area contributed by atoms with Crippen molar-refractivity contribution in [1.82, 2.24) is 5.32 Å². The van der Waals surface area contributed by atoms with E-state index in [1.54, 1.807) is 0 Å². The largest absolute Gasteiger partial charge is 0.493 e. The normalized spacial score (nSPS) is 10.9. The van der Waals surface area contributed by atoms with E-state index in [1.807, 2.05) is 0 Å². The fraction of sp³-hybridized carbons (Fsp3) is 0.273. The van der Waals surface area contributed by atoms with Crippen molar-refractivity contribution in [2.24, 2.45) is 0 Å². The van der Waals surface area contributed by atoms with Gasteiger partial charge >= 0.3 is 0 Å². The Morgan fingerprint density at radius 2 is 1.75 bits per heavy atom. The summed E-state index contributed by atoms with van der Waals surface area (Å²) in [7, 11) is 0. The molecule has 3 aromatic carbocycles. The van der Waals surface area contributed by atoms with Gasteiger partial charge in [0.15, 0.2) is 0 Å². The third-order valence-electron chi connectivity index (χ3n) is 4.29. The second-order valence-electron chi connectivity index (χ2n) is 6.29. The highest BCUT2D eigenvalue weighted by atomic mass is 16.5. The highest BCUT2D eigenvalue weighted by molar-refractivity contribution is 5.85. The topological polar surface area (TPSA) is 21.3 Å². The Kier molecular flexibility index (Phi) is 5.50. The van der Waals surface area contributed by atoms with E-state index in [0.29, 0.717) is 0 Å². The average Bonchev–Trinajstić information content (AvgIpc) is 2.61. The lowest BCUT2D eigenvalue weighted by atomic mass is 10.0. The molecule has 0 bridgehead atoms. The van der Waals surface area contributed by atoms with Gasteiger partial charge in [-0.2, -0.15) is 0 Å². The van der Waals surface area contributed by atoms with E-state index in [2.05, 4.69) is 79.8 Å². The van der Waals surface area contributed by atoms with Gasteiger partial charge in [-0.3, -0.25) is 0 Å². The van der Waals surface area contributed by atoms with E-state index >= 15 is 0 Å². The molecule has 0 radical (unpaired) electrons. The molecule has 24 heavy (non-hydrogen) atoms. The molecular formula is C22H25NO. The van der Waals surface area contributed by atoms with Crippen LogP contribution in [0.15, 0.2) is 60.7 Å². The Bertz CT molecular complexity index is 805. The zero-order valence-electron chi connectivity index (χ0n) is 14.5. The van der Waals surface area contributed by atoms with Crippen LogP contribution >= 0.6 is 0 Å². The summed E-state index contributed by atoms with van der Waals surface area (Å²) < 4.78 is 5.90. The SMILES string of the molecule is Cc1ccc(C)c(OCCCNCc2cccc3ccccc23)c1. The van der Waals surface area contributed by atoms with E-state index in [9.17, 15) is 0 Å². The molecule has 2 nitrogen and oxygen atoms in total. The Morgan fingerprint density at radius 1 is 0.917 bits per heavy atom. The van der Waals surface area contributed by atoms with Gasteiger partial charge < -0.3 is 10.1 Å². The van der Waals surface area contributed by atoms with Gasteiger partial charge in [0.25, 0.3) is 0 Å². The molecule has 124 valence electrons. The summed E-state index contributed by atoms with van der Waals surface area (Å²) >= 11 is 0. The summed E-state index contributed by atoms with van der Waals surface area (Å²) in [4.78, 5) is 0. The van der Waals surface area contributed by atoms with E-state index < -0.39 is 0 Å². The van der Waals surface area contributed by atoms with Crippen LogP contribution in [0.5, 0.6) is 5.75 Å². The maximum absolute atomic E-state index is 5.90. The van der Waals surface area contributed by atoms with Gasteiger partial charge in [-0.15, -0.1) is 0 Å². The van der Waals surface area contributed by atoms with Crippen molar-refractivity contribution in [3.8, 4) is 5.75 Å². The van der Waals surface area contributed by atoms with E-state index in [0.717, 1.165) is 31.9 Å². The van der Waals surface area contributed by atoms with E-state index in [4.69, 9.17) is 4.74 Å². The summed E-state index contributed by atoms with van der Waals surface area (Å²) in [6, 6.07) is 21.4. The molecule has 0 aliphatic carbocycles. The van der Waals surface area contributed by atoms with Crippen molar-refractivity contribution in [3.63, 3.8) is 0 Å². The van der Waals surface area contributed by atoms with Crippen LogP contribution in [0.2, 0.25) is 0 Å². The number of nitrogens with one attached hydrogen (secondary N) is 1. The van der Waals surface area contributed by atoms with Crippen LogP contribution in [0.4, 0.5) is 0 Å². The molecule has 0 aliphatic rings. The third-order valence-corrected chi connectivity index (χ3v) is 4.29. The van der Waals surface area contributed by atoms with Crippen molar-refractivity contribution in [2.75, 3.05) is 13.2 Å². The summed E-state index contributed by atoms with van der Waals surface area (Å²) in [5, 5.41) is 6.16. The first-order valence-electron chi connectivity index (χ1n) is 8.61. The molecule has 0 atom stereocenters. The highest BCUT2D eigenvalue weighted by Crippen LogP contribution is 2.19. The molecule has 0 amide bonds. The summed E-state index contributed by atoms with van der Waals surface area (Å²) in [6.45, 7) is 6.78. The quantitative estimate of drug-likeness (QED) is 0.618. The van der Waals surface area contributed by atoms with Crippen molar-refractivity contribution >= 4 is 10.8 Å². The van der Waals surface area contributed by atoms with Crippen molar-refractivity contribution in [3.05, 3.63) is 77.4 Å². The number of benzene rings is 3. The monoisotopic (exact) mass is 319 g/mol. The van der Waals surface area contributed by atoms with Gasteiger partial charge in [0.05, 0.1) is 6.61 Å². The smallest absolute Gasteiger partial charge is 0.122 e. The van der Waals surface area contributed by atoms with Crippen LogP contribution in [0.3, 0.4) is 0 Å². The molecule has 1 N–H and O–H groups in total. The predicted molar refractivity (Wildman–Crippen MR) is 102 cm³/mol. The minimum atomic E-state index is 0.743. The number of ether oxygens (including phenoxy) is 1. The van der Waals surface area contributed by atoms with Crippen LogP contribution in [-0.4, -0.2) is 13.2 Å². The number of hydrogen-bond acceptors (Lipinski definition) is 2. The molecule has 0 spiro atoms. The van der Waals surface area contributed by atoms with Crippen LogP contribution < -0.4 is 10.1 Å². The summed E-state index contributed by atoms with van der Waals surface area (Å²) in [5.74, 6) is 1.00. The highest BCUT2D eigenvalue weighted by Gasteiger charge is 2.01. The lowest BCUT2D eigenvalue weighted by molar-refractivity contribution is 0.306. The number of hydrogen-bond donors (Lipinski definition) is 1. The van der Waals surface area contributed by atoms with Crippen LogP contribution in [0.1, 0.15) is 23.1 Å². The van der Waals surface area contributed by atoms with Crippen LogP contribution in [-0.2, 0) is 6.54 Å². The lowest BCUT2D eigenvalue weighted by Crippen LogP contribution is -2.17. The third kappa shape index (κ3) is 4.15. The average molecular weight is 319 g/mol. The summed E-state index contributed by atoms with van der Waals surface area (Å²) in [5.41, 5.74) is 3.79. The molecule has 0 aliphatic heterocycles. The molecule has 2 heteroatoms. The van der Waals surface area contributed by atoms with E-state index in [1.165, 1.54) is 27.5 Å². The van der Waals surface area contributed by atoms with E-state index in [-0.39, 0.29) is 0 Å². The Labute approximate surface area is 144 Å². The second kappa shape index (κ2) is 7.98. The summed E-state index contributed by atoms with van der Waals surface area (Å²) in [6.07, 6.45) is 0.998. The zero-order chi connectivity index (χ0) is 16.8. The number of rotatable bonds is 7. The Balaban J connectivity index is 1.45. The van der Waals surface area contributed by atoms with Gasteiger partial charge in [0.1, 0.15) is 5.75 Å². The fourth-order valence-corrected chi connectivity index (χ4v) is 2.91. The molecule has 0 fully saturated rings. The standard InChI is InChI=1S/C22H25NO/c1-17-11-12-18(2)22(15-17)24-14-6-13-23-16-20-9-5-8-19-7-3-4-10-21(19)20/h3-5,7-12,15,23H,6,13-14,16H2,1-2H3. The molecule has 0 unspecified atom stereocenters. The maximum atomic E-state index is 5.90. The minimum absolute atomic E-state index is 0.743. The minimum Gasteiger partial charge on any atom is -0.493 e. The molecule has 0 aromatic heterocycles. The second-order valence-corrected chi connectivity index (χ2v) is 6.29. The Morgan fingerprint density at radius 3 is 2.67 bits per heavy atom. The van der Waals surface area contributed by atoms with Crippen molar-refractivity contribution < 1.29 is 4.74 Å². The molecule has 0 heterocycles. The molecule has 0 saturated carbocycles. The Hall–Kier alpha value is -2.32. The lowest BCUT2D eigenvalue weighted by Gasteiger charge is -2.11. The van der Waals surface area contributed by atoms with Gasteiger partial charge in [-0.25, -0.2) is 0 Å². The van der Waals surface area contributed by atoms with Crippen LogP contribution in [0.25, 0.3) is 10.8 Å². The molecule has 3 rings (SSSR count). The van der Waals surface area contributed by atoms with Gasteiger partial charge in [-0.05, 0) is 60.3 Å². The van der Waals surface area contributed by atoms with Crippen molar-refractivity contribution in [2.45, 2.75) is 26.8 Å². The first-order chi connectivity index (χ1) is 11.7. The molecule has 3 aromatic rings. The van der Waals surface area contributed by atoms with Gasteiger partial charge in [0.2, 0.25) is 0 Å². The van der Waals surface area contributed by atoms with Crippen molar-refractivity contribution in [1.29, 1.82) is 0 Å². The number of fused-ring (bicyclic) bond motifs is 1. The fourth-order valence-electron chi connectivity index (χ4n) is 2.91.